The van der Waals surface area contributed by atoms with Crippen molar-refractivity contribution in [1.82, 2.24) is 0 Å². The van der Waals surface area contributed by atoms with Crippen LogP contribution in [0.2, 0.25) is 0 Å². The first kappa shape index (κ1) is 15.8. The van der Waals surface area contributed by atoms with Crippen LogP contribution in [0.15, 0.2) is 66.0 Å². The van der Waals surface area contributed by atoms with Crippen molar-refractivity contribution < 1.29 is 13.2 Å². The normalized spacial score (nSPS) is 13.0. The van der Waals surface area contributed by atoms with Gasteiger partial charge in [0.05, 0.1) is 11.6 Å². The average Bonchev–Trinajstić information content (AvgIpc) is 3.08. The molecule has 118 valence electrons. The number of thiophene rings is 1. The zero-order valence-electron chi connectivity index (χ0n) is 12.0. The maximum absolute atomic E-state index is 12.6. The lowest BCUT2D eigenvalue weighted by atomic mass is 9.99. The van der Waals surface area contributed by atoms with Crippen LogP contribution in [-0.2, 0) is 6.18 Å². The SMILES string of the molecule is N[C@@H](c1ccc(-c2ccc(C(F)(F)F)cc2)cc1)c1cccs1. The maximum atomic E-state index is 12.6. The van der Waals surface area contributed by atoms with Gasteiger partial charge in [0.25, 0.3) is 0 Å². The Morgan fingerprint density at radius 3 is 1.87 bits per heavy atom. The van der Waals surface area contributed by atoms with Crippen LogP contribution in [0, 0.1) is 0 Å². The number of rotatable bonds is 3. The van der Waals surface area contributed by atoms with Gasteiger partial charge in [0.1, 0.15) is 0 Å². The van der Waals surface area contributed by atoms with Crippen molar-refractivity contribution in [1.29, 1.82) is 0 Å². The van der Waals surface area contributed by atoms with Crippen LogP contribution < -0.4 is 5.73 Å². The summed E-state index contributed by atoms with van der Waals surface area (Å²) < 4.78 is 37.8. The molecule has 0 aliphatic heterocycles. The van der Waals surface area contributed by atoms with Gasteiger partial charge in [-0.3, -0.25) is 0 Å². The minimum absolute atomic E-state index is 0.184. The van der Waals surface area contributed by atoms with E-state index in [1.54, 1.807) is 11.3 Å². The Labute approximate surface area is 136 Å². The van der Waals surface area contributed by atoms with E-state index in [2.05, 4.69) is 0 Å². The Kier molecular flexibility index (Phi) is 4.24. The largest absolute Gasteiger partial charge is 0.416 e. The van der Waals surface area contributed by atoms with Crippen molar-refractivity contribution in [3.05, 3.63) is 82.0 Å². The average molecular weight is 333 g/mol. The molecule has 3 aromatic rings. The molecule has 1 nitrogen and oxygen atoms in total. The first-order valence-electron chi connectivity index (χ1n) is 7.02. The predicted octanol–water partition coefficient (Wildman–Crippen LogP) is 5.48. The first-order valence-corrected chi connectivity index (χ1v) is 7.90. The van der Waals surface area contributed by atoms with E-state index >= 15 is 0 Å². The second kappa shape index (κ2) is 6.18. The predicted molar refractivity (Wildman–Crippen MR) is 87.2 cm³/mol. The molecule has 5 heteroatoms. The van der Waals surface area contributed by atoms with Crippen LogP contribution in [0.1, 0.15) is 22.0 Å². The van der Waals surface area contributed by atoms with Gasteiger partial charge in [-0.05, 0) is 40.3 Å². The van der Waals surface area contributed by atoms with Crippen molar-refractivity contribution >= 4 is 11.3 Å². The number of nitrogens with two attached hydrogens (primary N) is 1. The van der Waals surface area contributed by atoms with Crippen LogP contribution in [0.3, 0.4) is 0 Å². The summed E-state index contributed by atoms with van der Waals surface area (Å²) in [4.78, 5) is 1.08. The highest BCUT2D eigenvalue weighted by molar-refractivity contribution is 7.10. The molecule has 1 heterocycles. The molecule has 0 saturated heterocycles. The molecule has 0 amide bonds. The standard InChI is InChI=1S/C18H14F3NS/c19-18(20,21)15-9-7-13(8-10-15)12-3-5-14(6-4-12)17(22)16-2-1-11-23-16/h1-11,17H,22H2/t17-/m0/s1. The highest BCUT2D eigenvalue weighted by Gasteiger charge is 2.29. The van der Waals surface area contributed by atoms with Gasteiger partial charge in [0.2, 0.25) is 0 Å². The lowest BCUT2D eigenvalue weighted by Crippen LogP contribution is -2.09. The molecular formula is C18H14F3NS. The van der Waals surface area contributed by atoms with Gasteiger partial charge in [0, 0.05) is 4.88 Å². The highest BCUT2D eigenvalue weighted by Crippen LogP contribution is 2.31. The fourth-order valence-corrected chi connectivity index (χ4v) is 3.12. The van der Waals surface area contributed by atoms with E-state index in [-0.39, 0.29) is 6.04 Å². The van der Waals surface area contributed by atoms with Crippen LogP contribution >= 0.6 is 11.3 Å². The monoisotopic (exact) mass is 333 g/mol. The Balaban J connectivity index is 1.82. The number of hydrogen-bond acceptors (Lipinski definition) is 2. The summed E-state index contributed by atoms with van der Waals surface area (Å²) >= 11 is 1.60. The second-order valence-electron chi connectivity index (χ2n) is 5.19. The van der Waals surface area contributed by atoms with E-state index in [0.29, 0.717) is 0 Å². The Bertz CT molecular complexity index is 760. The topological polar surface area (TPSA) is 26.0 Å². The summed E-state index contributed by atoms with van der Waals surface area (Å²) in [5.74, 6) is 0. The third kappa shape index (κ3) is 3.46. The Hall–Kier alpha value is -2.11. The molecule has 0 bridgehead atoms. The van der Waals surface area contributed by atoms with Crippen molar-refractivity contribution in [2.45, 2.75) is 12.2 Å². The lowest BCUT2D eigenvalue weighted by molar-refractivity contribution is -0.137. The highest BCUT2D eigenvalue weighted by atomic mass is 32.1. The van der Waals surface area contributed by atoms with Gasteiger partial charge < -0.3 is 5.73 Å². The lowest BCUT2D eigenvalue weighted by Gasteiger charge is -2.11. The van der Waals surface area contributed by atoms with E-state index < -0.39 is 11.7 Å². The van der Waals surface area contributed by atoms with Crippen LogP contribution in [0.5, 0.6) is 0 Å². The fourth-order valence-electron chi connectivity index (χ4n) is 2.37. The Morgan fingerprint density at radius 1 is 0.826 bits per heavy atom. The van der Waals surface area contributed by atoms with Crippen LogP contribution in [0.25, 0.3) is 11.1 Å². The number of halogens is 3. The summed E-state index contributed by atoms with van der Waals surface area (Å²) in [6, 6.07) is 16.5. The summed E-state index contributed by atoms with van der Waals surface area (Å²) in [5.41, 5.74) is 8.14. The molecule has 0 spiro atoms. The molecule has 3 rings (SSSR count). The fraction of sp³-hybridized carbons (Fsp3) is 0.111. The van der Waals surface area contributed by atoms with Crippen molar-refractivity contribution in [3.8, 4) is 11.1 Å². The summed E-state index contributed by atoms with van der Waals surface area (Å²) in [5, 5.41) is 1.98. The Morgan fingerprint density at radius 2 is 1.39 bits per heavy atom. The van der Waals surface area contributed by atoms with Crippen LogP contribution in [-0.4, -0.2) is 0 Å². The zero-order chi connectivity index (χ0) is 16.4. The molecule has 0 unspecified atom stereocenters. The van der Waals surface area contributed by atoms with Crippen molar-refractivity contribution in [3.63, 3.8) is 0 Å². The molecule has 0 aliphatic carbocycles. The van der Waals surface area contributed by atoms with Gasteiger partial charge in [-0.1, -0.05) is 42.5 Å². The molecule has 23 heavy (non-hydrogen) atoms. The molecule has 0 aliphatic rings. The summed E-state index contributed by atoms with van der Waals surface area (Å²) in [7, 11) is 0. The number of benzene rings is 2. The second-order valence-corrected chi connectivity index (χ2v) is 6.17. The van der Waals surface area contributed by atoms with E-state index in [4.69, 9.17) is 5.73 Å². The molecule has 1 aromatic heterocycles. The van der Waals surface area contributed by atoms with Gasteiger partial charge in [-0.2, -0.15) is 13.2 Å². The van der Waals surface area contributed by atoms with Crippen LogP contribution in [0.4, 0.5) is 13.2 Å². The van der Waals surface area contributed by atoms with E-state index in [1.165, 1.54) is 12.1 Å². The van der Waals surface area contributed by atoms with Gasteiger partial charge in [-0.25, -0.2) is 0 Å². The quantitative estimate of drug-likeness (QED) is 0.674. The first-order chi connectivity index (χ1) is 10.9. The molecular weight excluding hydrogens is 319 g/mol. The van der Waals surface area contributed by atoms with Crippen molar-refractivity contribution in [2.24, 2.45) is 5.73 Å². The molecule has 0 saturated carbocycles. The van der Waals surface area contributed by atoms with Gasteiger partial charge in [0.15, 0.2) is 0 Å². The summed E-state index contributed by atoms with van der Waals surface area (Å²) in [6.45, 7) is 0. The molecule has 0 radical (unpaired) electrons. The summed E-state index contributed by atoms with van der Waals surface area (Å²) in [6.07, 6.45) is -4.31. The van der Waals surface area contributed by atoms with E-state index in [1.807, 2.05) is 41.8 Å². The minimum atomic E-state index is -4.31. The third-order valence-electron chi connectivity index (χ3n) is 3.67. The minimum Gasteiger partial charge on any atom is -0.320 e. The molecule has 1 atom stereocenters. The molecule has 2 N–H and O–H groups in total. The maximum Gasteiger partial charge on any atom is 0.416 e. The molecule has 0 fully saturated rings. The number of hydrogen-bond donors (Lipinski definition) is 1. The van der Waals surface area contributed by atoms with E-state index in [9.17, 15) is 13.2 Å². The van der Waals surface area contributed by atoms with E-state index in [0.717, 1.165) is 33.7 Å². The number of alkyl halides is 3. The van der Waals surface area contributed by atoms with Crippen molar-refractivity contribution in [2.75, 3.05) is 0 Å². The smallest absolute Gasteiger partial charge is 0.320 e. The third-order valence-corrected chi connectivity index (χ3v) is 4.62. The molecule has 2 aromatic carbocycles. The van der Waals surface area contributed by atoms with Gasteiger partial charge in [-0.15, -0.1) is 11.3 Å². The zero-order valence-corrected chi connectivity index (χ0v) is 12.9. The van der Waals surface area contributed by atoms with Gasteiger partial charge >= 0.3 is 6.18 Å².